The van der Waals surface area contributed by atoms with Gasteiger partial charge in [-0.2, -0.15) is 0 Å². The van der Waals surface area contributed by atoms with E-state index in [4.69, 9.17) is 4.74 Å². The molecule has 2 heteroatoms. The Bertz CT molecular complexity index is 257. The molecule has 0 N–H and O–H groups in total. The Labute approximate surface area is 92.4 Å². The van der Waals surface area contributed by atoms with Crippen molar-refractivity contribution < 1.29 is 9.53 Å². The average Bonchev–Trinajstić information content (AvgIpc) is 2.74. The molecule has 0 aromatic carbocycles. The molecule has 2 aliphatic carbocycles. The molecule has 2 fully saturated rings. The lowest BCUT2D eigenvalue weighted by molar-refractivity contribution is -0.141. The summed E-state index contributed by atoms with van der Waals surface area (Å²) in [5, 5.41) is 0. The molecule has 0 aromatic rings. The average molecular weight is 210 g/mol. The maximum atomic E-state index is 11.2. The third-order valence-corrected chi connectivity index (χ3v) is 4.94. The lowest BCUT2D eigenvalue weighted by Crippen LogP contribution is -2.31. The topological polar surface area (TPSA) is 26.3 Å². The van der Waals surface area contributed by atoms with E-state index in [1.165, 1.54) is 26.4 Å². The molecule has 0 aromatic heterocycles. The number of methoxy groups -OCH3 is 1. The molecule has 0 amide bonds. The van der Waals surface area contributed by atoms with Crippen LogP contribution in [0.1, 0.15) is 46.0 Å². The number of fused-ring (bicyclic) bond motifs is 2. The van der Waals surface area contributed by atoms with Crippen molar-refractivity contribution in [3.63, 3.8) is 0 Å². The van der Waals surface area contributed by atoms with E-state index >= 15 is 0 Å². The summed E-state index contributed by atoms with van der Waals surface area (Å²) >= 11 is 0. The second-order valence-corrected chi connectivity index (χ2v) is 5.81. The maximum absolute atomic E-state index is 11.2. The van der Waals surface area contributed by atoms with E-state index in [1.54, 1.807) is 0 Å². The number of hydrogen-bond donors (Lipinski definition) is 0. The predicted molar refractivity (Wildman–Crippen MR) is 59.4 cm³/mol. The molecular weight excluding hydrogens is 188 g/mol. The summed E-state index contributed by atoms with van der Waals surface area (Å²) in [6, 6.07) is 0. The van der Waals surface area contributed by atoms with Crippen LogP contribution in [0.15, 0.2) is 0 Å². The fourth-order valence-electron chi connectivity index (χ4n) is 3.95. The highest BCUT2D eigenvalue weighted by Crippen LogP contribution is 2.60. The van der Waals surface area contributed by atoms with Crippen molar-refractivity contribution in [2.45, 2.75) is 46.0 Å². The second kappa shape index (κ2) is 3.80. The zero-order valence-corrected chi connectivity index (χ0v) is 10.1. The first-order valence-electron chi connectivity index (χ1n) is 6.12. The summed E-state index contributed by atoms with van der Waals surface area (Å²) in [6.45, 7) is 4.78. The van der Waals surface area contributed by atoms with Gasteiger partial charge in [0.15, 0.2) is 0 Å². The van der Waals surface area contributed by atoms with Gasteiger partial charge in [0, 0.05) is 6.42 Å². The summed E-state index contributed by atoms with van der Waals surface area (Å²) in [7, 11) is 1.48. The number of carbonyl (C=O) groups is 1. The second-order valence-electron chi connectivity index (χ2n) is 5.81. The largest absolute Gasteiger partial charge is 0.469 e. The minimum Gasteiger partial charge on any atom is -0.469 e. The van der Waals surface area contributed by atoms with E-state index in [2.05, 4.69) is 13.8 Å². The molecule has 0 saturated heterocycles. The number of rotatable bonds is 3. The van der Waals surface area contributed by atoms with Gasteiger partial charge in [-0.3, -0.25) is 4.79 Å². The predicted octanol–water partition coefficient (Wildman–Crippen LogP) is 3.01. The Kier molecular flexibility index (Phi) is 2.78. The van der Waals surface area contributed by atoms with Gasteiger partial charge < -0.3 is 4.74 Å². The van der Waals surface area contributed by atoms with E-state index in [-0.39, 0.29) is 5.97 Å². The summed E-state index contributed by atoms with van der Waals surface area (Å²) in [5.74, 6) is 2.49. The highest BCUT2D eigenvalue weighted by atomic mass is 16.5. The number of esters is 1. The van der Waals surface area contributed by atoms with Crippen molar-refractivity contribution in [3.05, 3.63) is 0 Å². The van der Waals surface area contributed by atoms with Gasteiger partial charge >= 0.3 is 5.97 Å². The number of ether oxygens (including phenoxy) is 1. The van der Waals surface area contributed by atoms with Crippen LogP contribution in [0.3, 0.4) is 0 Å². The van der Waals surface area contributed by atoms with Gasteiger partial charge in [0.2, 0.25) is 0 Å². The molecule has 3 unspecified atom stereocenters. The summed E-state index contributed by atoms with van der Waals surface area (Å²) in [5.41, 5.74) is 0.455. The zero-order chi connectivity index (χ0) is 11.1. The molecule has 2 saturated carbocycles. The molecule has 2 rings (SSSR count). The molecule has 15 heavy (non-hydrogen) atoms. The van der Waals surface area contributed by atoms with Crippen LogP contribution in [0.25, 0.3) is 0 Å². The Hall–Kier alpha value is -0.530. The van der Waals surface area contributed by atoms with E-state index in [9.17, 15) is 4.79 Å². The molecule has 2 nitrogen and oxygen atoms in total. The van der Waals surface area contributed by atoms with E-state index in [0.717, 1.165) is 24.2 Å². The van der Waals surface area contributed by atoms with Gasteiger partial charge in [0.05, 0.1) is 7.11 Å². The van der Waals surface area contributed by atoms with Gasteiger partial charge in [0.1, 0.15) is 0 Å². The van der Waals surface area contributed by atoms with Crippen LogP contribution in [0, 0.1) is 23.2 Å². The van der Waals surface area contributed by atoms with Crippen LogP contribution in [0.4, 0.5) is 0 Å². The van der Waals surface area contributed by atoms with Crippen molar-refractivity contribution in [2.75, 3.05) is 7.11 Å². The zero-order valence-electron chi connectivity index (χ0n) is 10.1. The Morgan fingerprint density at radius 2 is 2.13 bits per heavy atom. The lowest BCUT2D eigenvalue weighted by Gasteiger charge is -2.38. The van der Waals surface area contributed by atoms with Crippen molar-refractivity contribution >= 4 is 5.97 Å². The van der Waals surface area contributed by atoms with Gasteiger partial charge in [0.25, 0.3) is 0 Å². The molecule has 2 bridgehead atoms. The molecular formula is C13H22O2. The minimum absolute atomic E-state index is 0.0476. The Morgan fingerprint density at radius 3 is 2.67 bits per heavy atom. The summed E-state index contributed by atoms with van der Waals surface area (Å²) in [4.78, 5) is 11.2. The monoisotopic (exact) mass is 210 g/mol. The number of hydrogen-bond acceptors (Lipinski definition) is 2. The SMILES string of the molecule is COC(=O)CCC1C2CCC(C2)C1(C)C. The Morgan fingerprint density at radius 1 is 1.40 bits per heavy atom. The van der Waals surface area contributed by atoms with E-state index in [0.29, 0.717) is 11.8 Å². The standard InChI is InChI=1S/C13H22O2/c1-13(2)10-5-4-9(8-10)11(13)6-7-12(14)15-3/h9-11H,4-8H2,1-3H3. The summed E-state index contributed by atoms with van der Waals surface area (Å²) < 4.78 is 4.72. The molecule has 0 radical (unpaired) electrons. The van der Waals surface area contributed by atoms with Crippen LogP contribution in [0.5, 0.6) is 0 Å². The molecule has 86 valence electrons. The van der Waals surface area contributed by atoms with Crippen LogP contribution < -0.4 is 0 Å². The van der Waals surface area contributed by atoms with Crippen LogP contribution in [-0.2, 0) is 9.53 Å². The van der Waals surface area contributed by atoms with Crippen molar-refractivity contribution in [1.82, 2.24) is 0 Å². The highest BCUT2D eigenvalue weighted by Gasteiger charge is 2.52. The van der Waals surface area contributed by atoms with Gasteiger partial charge in [-0.05, 0) is 48.9 Å². The first-order chi connectivity index (χ1) is 7.05. The van der Waals surface area contributed by atoms with E-state index in [1.807, 2.05) is 0 Å². The third-order valence-electron chi connectivity index (χ3n) is 4.94. The molecule has 0 heterocycles. The molecule has 3 atom stereocenters. The lowest BCUT2D eigenvalue weighted by atomic mass is 9.67. The fourth-order valence-corrected chi connectivity index (χ4v) is 3.95. The molecule has 0 spiro atoms. The number of carbonyl (C=O) groups excluding carboxylic acids is 1. The third kappa shape index (κ3) is 1.79. The normalized spacial score (nSPS) is 36.9. The van der Waals surface area contributed by atoms with Crippen molar-refractivity contribution in [1.29, 1.82) is 0 Å². The van der Waals surface area contributed by atoms with Gasteiger partial charge in [-0.15, -0.1) is 0 Å². The first kappa shape index (κ1) is 11.0. The summed E-state index contributed by atoms with van der Waals surface area (Å²) in [6.07, 6.45) is 5.83. The van der Waals surface area contributed by atoms with Gasteiger partial charge in [-0.25, -0.2) is 0 Å². The molecule has 2 aliphatic rings. The quantitative estimate of drug-likeness (QED) is 0.669. The van der Waals surface area contributed by atoms with Crippen LogP contribution in [-0.4, -0.2) is 13.1 Å². The Balaban J connectivity index is 1.94. The minimum atomic E-state index is -0.0476. The maximum Gasteiger partial charge on any atom is 0.305 e. The van der Waals surface area contributed by atoms with E-state index < -0.39 is 0 Å². The van der Waals surface area contributed by atoms with Crippen molar-refractivity contribution in [3.8, 4) is 0 Å². The van der Waals surface area contributed by atoms with Crippen molar-refractivity contribution in [2.24, 2.45) is 23.2 Å². The highest BCUT2D eigenvalue weighted by molar-refractivity contribution is 5.69. The molecule has 0 aliphatic heterocycles. The smallest absolute Gasteiger partial charge is 0.305 e. The van der Waals surface area contributed by atoms with Gasteiger partial charge in [-0.1, -0.05) is 13.8 Å². The van der Waals surface area contributed by atoms with Crippen LogP contribution in [0.2, 0.25) is 0 Å². The fraction of sp³-hybridized carbons (Fsp3) is 0.923. The first-order valence-corrected chi connectivity index (χ1v) is 6.12. The van der Waals surface area contributed by atoms with Crippen LogP contribution >= 0.6 is 0 Å².